The van der Waals surface area contributed by atoms with E-state index in [1.165, 1.54) is 0 Å². The Kier molecular flexibility index (Phi) is 5.63. The molecule has 2 aromatic carbocycles. The molecule has 0 atom stereocenters. The molecule has 0 bridgehead atoms. The summed E-state index contributed by atoms with van der Waals surface area (Å²) < 4.78 is 25.0. The van der Waals surface area contributed by atoms with Crippen LogP contribution in [0, 0.1) is 6.92 Å². The zero-order chi connectivity index (χ0) is 22.9. The molecule has 0 spiro atoms. The fourth-order valence-corrected chi connectivity index (χ4v) is 4.09. The lowest BCUT2D eigenvalue weighted by Gasteiger charge is -2.13. The van der Waals surface area contributed by atoms with Crippen LogP contribution >= 0.6 is 0 Å². The van der Waals surface area contributed by atoms with E-state index in [1.54, 1.807) is 30.5 Å². The first-order valence-electron chi connectivity index (χ1n) is 9.93. The maximum Gasteiger partial charge on any atom is 0.265 e. The molecule has 1 amide bonds. The van der Waals surface area contributed by atoms with E-state index in [0.717, 1.165) is 39.7 Å². The Morgan fingerprint density at radius 1 is 1.03 bits per heavy atom. The van der Waals surface area contributed by atoms with E-state index in [-0.39, 0.29) is 5.56 Å². The highest BCUT2D eigenvalue weighted by Gasteiger charge is 2.16. The second-order valence-corrected chi connectivity index (χ2v) is 9.33. The van der Waals surface area contributed by atoms with E-state index in [2.05, 4.69) is 9.97 Å². The molecule has 0 unspecified atom stereocenters. The van der Waals surface area contributed by atoms with E-state index in [0.29, 0.717) is 17.7 Å². The van der Waals surface area contributed by atoms with Crippen LogP contribution in [0.2, 0.25) is 0 Å². The van der Waals surface area contributed by atoms with Gasteiger partial charge in [0.25, 0.3) is 5.91 Å². The van der Waals surface area contributed by atoms with Crippen molar-refractivity contribution in [1.82, 2.24) is 14.7 Å². The number of anilines is 1. The van der Waals surface area contributed by atoms with E-state index in [4.69, 9.17) is 5.73 Å². The number of pyridine rings is 2. The Labute approximate surface area is 186 Å². The third-order valence-electron chi connectivity index (χ3n) is 5.17. The Morgan fingerprint density at radius 3 is 2.47 bits per heavy atom. The molecule has 32 heavy (non-hydrogen) atoms. The Hall–Kier alpha value is -3.78. The Morgan fingerprint density at radius 2 is 1.75 bits per heavy atom. The molecule has 0 aliphatic rings. The fraction of sp³-hybridized carbons (Fsp3) is 0.125. The molecule has 3 N–H and O–H groups in total. The van der Waals surface area contributed by atoms with Gasteiger partial charge in [0.2, 0.25) is 10.0 Å². The van der Waals surface area contributed by atoms with Crippen molar-refractivity contribution in [2.45, 2.75) is 13.3 Å². The molecule has 2 aromatic heterocycles. The van der Waals surface area contributed by atoms with Gasteiger partial charge >= 0.3 is 0 Å². The summed E-state index contributed by atoms with van der Waals surface area (Å²) in [4.78, 5) is 21.4. The highest BCUT2D eigenvalue weighted by atomic mass is 32.2. The van der Waals surface area contributed by atoms with Crippen LogP contribution in [0.3, 0.4) is 0 Å². The highest BCUT2D eigenvalue weighted by Crippen LogP contribution is 2.28. The number of nitrogens with zero attached hydrogens (tertiary/aromatic N) is 2. The van der Waals surface area contributed by atoms with E-state index in [9.17, 15) is 13.2 Å². The van der Waals surface area contributed by atoms with Crippen molar-refractivity contribution in [2.24, 2.45) is 0 Å². The summed E-state index contributed by atoms with van der Waals surface area (Å²) in [6.45, 7) is 1.88. The number of nitrogens with one attached hydrogen (secondary N) is 1. The lowest BCUT2D eigenvalue weighted by molar-refractivity contribution is 0.0982. The van der Waals surface area contributed by atoms with Crippen molar-refractivity contribution in [3.63, 3.8) is 0 Å². The first-order valence-corrected chi connectivity index (χ1v) is 11.8. The van der Waals surface area contributed by atoms with Gasteiger partial charge in [-0.2, -0.15) is 0 Å². The largest absolute Gasteiger partial charge is 0.397 e. The van der Waals surface area contributed by atoms with Crippen LogP contribution in [0.4, 0.5) is 5.69 Å². The molecular formula is C24H22N4O3S. The van der Waals surface area contributed by atoms with Crippen molar-refractivity contribution < 1.29 is 13.2 Å². The molecule has 0 radical (unpaired) electrons. The molecule has 7 nitrogen and oxygen atoms in total. The van der Waals surface area contributed by atoms with Gasteiger partial charge in [-0.05, 0) is 41.8 Å². The second kappa shape index (κ2) is 8.39. The number of hydrogen-bond donors (Lipinski definition) is 2. The first kappa shape index (κ1) is 21.5. The summed E-state index contributed by atoms with van der Waals surface area (Å²) in [5.41, 5.74) is 13.0. The summed E-state index contributed by atoms with van der Waals surface area (Å²) >= 11 is 0. The number of fused-ring (bicyclic) bond motifs is 1. The number of carbonyl (C=O) groups excluding carboxylic acids is 1. The molecule has 4 rings (SSSR count). The minimum Gasteiger partial charge on any atom is -0.397 e. The molecule has 2 heterocycles. The Bertz CT molecular complexity index is 1430. The van der Waals surface area contributed by atoms with Crippen molar-refractivity contribution in [3.8, 4) is 11.1 Å². The average molecular weight is 447 g/mol. The maximum absolute atomic E-state index is 12.4. The zero-order valence-electron chi connectivity index (χ0n) is 17.7. The molecule has 0 aliphatic carbocycles. The predicted octanol–water partition coefficient (Wildman–Crippen LogP) is 3.47. The average Bonchev–Trinajstić information content (AvgIpc) is 2.76. The fourth-order valence-electron chi connectivity index (χ4n) is 3.65. The highest BCUT2D eigenvalue weighted by molar-refractivity contribution is 7.89. The molecular weight excluding hydrogens is 424 g/mol. The lowest BCUT2D eigenvalue weighted by Crippen LogP contribution is -2.29. The van der Waals surface area contributed by atoms with Gasteiger partial charge in [-0.15, -0.1) is 0 Å². The predicted molar refractivity (Wildman–Crippen MR) is 126 cm³/mol. The summed E-state index contributed by atoms with van der Waals surface area (Å²) in [5.74, 6) is -0.662. The molecule has 4 aromatic rings. The monoisotopic (exact) mass is 446 g/mol. The van der Waals surface area contributed by atoms with Gasteiger partial charge in [0, 0.05) is 23.7 Å². The van der Waals surface area contributed by atoms with Gasteiger partial charge in [0.15, 0.2) is 0 Å². The number of carbonyl (C=O) groups is 1. The van der Waals surface area contributed by atoms with E-state index < -0.39 is 15.9 Å². The van der Waals surface area contributed by atoms with Crippen molar-refractivity contribution in [3.05, 3.63) is 89.2 Å². The molecule has 162 valence electrons. The SMILES string of the molecule is Cc1nc2cccnc2c(Cc2ccc(-c3ccccc3C(=O)NS(C)(=O)=O)cc2)c1N. The van der Waals surface area contributed by atoms with Gasteiger partial charge < -0.3 is 5.73 Å². The van der Waals surface area contributed by atoms with Crippen LogP contribution < -0.4 is 10.5 Å². The first-order chi connectivity index (χ1) is 15.2. The number of rotatable bonds is 5. The number of nitrogen functional groups attached to an aromatic ring is 1. The third-order valence-corrected chi connectivity index (χ3v) is 5.73. The standard InChI is InChI=1S/C24H22N4O3S/c1-15-22(25)20(23-21(27-15)8-5-13-26-23)14-16-9-11-17(12-10-16)18-6-3-4-7-19(18)24(29)28-32(2,30)31/h3-13H,14,25H2,1-2H3,(H,28,29). The number of aryl methyl sites for hydroxylation is 1. The zero-order valence-corrected chi connectivity index (χ0v) is 18.5. The third kappa shape index (κ3) is 4.45. The quantitative estimate of drug-likeness (QED) is 0.485. The number of benzene rings is 2. The summed E-state index contributed by atoms with van der Waals surface area (Å²) in [6.07, 6.45) is 3.26. The van der Waals surface area contributed by atoms with Gasteiger partial charge in [-0.3, -0.25) is 9.78 Å². The topological polar surface area (TPSA) is 115 Å². The van der Waals surface area contributed by atoms with Crippen LogP contribution in [-0.2, 0) is 16.4 Å². The van der Waals surface area contributed by atoms with Crippen molar-refractivity contribution in [1.29, 1.82) is 0 Å². The van der Waals surface area contributed by atoms with Crippen LogP contribution in [0.1, 0.15) is 27.2 Å². The molecule has 8 heteroatoms. The van der Waals surface area contributed by atoms with Crippen LogP contribution in [0.25, 0.3) is 22.2 Å². The van der Waals surface area contributed by atoms with Crippen molar-refractivity contribution >= 4 is 32.7 Å². The smallest absolute Gasteiger partial charge is 0.265 e. The van der Waals surface area contributed by atoms with Crippen molar-refractivity contribution in [2.75, 3.05) is 12.0 Å². The number of amides is 1. The summed E-state index contributed by atoms with van der Waals surface area (Å²) in [7, 11) is -3.66. The lowest BCUT2D eigenvalue weighted by atomic mass is 9.96. The van der Waals surface area contributed by atoms with E-state index >= 15 is 0 Å². The van der Waals surface area contributed by atoms with E-state index in [1.807, 2.05) is 48.0 Å². The van der Waals surface area contributed by atoms with Gasteiger partial charge in [0.1, 0.15) is 0 Å². The molecule has 0 fully saturated rings. The van der Waals surface area contributed by atoms with Gasteiger partial charge in [-0.25, -0.2) is 18.1 Å². The molecule has 0 saturated heterocycles. The van der Waals surface area contributed by atoms with Crippen LogP contribution in [0.15, 0.2) is 66.9 Å². The molecule has 0 saturated carbocycles. The number of hydrogen-bond acceptors (Lipinski definition) is 6. The second-order valence-electron chi connectivity index (χ2n) is 7.58. The summed E-state index contributed by atoms with van der Waals surface area (Å²) in [5, 5.41) is 0. The Balaban J connectivity index is 1.67. The van der Waals surface area contributed by atoms with Gasteiger partial charge in [-0.1, -0.05) is 42.5 Å². The summed E-state index contributed by atoms with van der Waals surface area (Å²) in [6, 6.07) is 18.4. The van der Waals surface area contributed by atoms with Crippen LogP contribution in [0.5, 0.6) is 0 Å². The maximum atomic E-state index is 12.4. The minimum atomic E-state index is -3.66. The normalized spacial score (nSPS) is 11.4. The van der Waals surface area contributed by atoms with Crippen LogP contribution in [-0.4, -0.2) is 30.5 Å². The minimum absolute atomic E-state index is 0.287. The van der Waals surface area contributed by atoms with Gasteiger partial charge in [0.05, 0.1) is 28.7 Å². The molecule has 0 aliphatic heterocycles. The number of nitrogens with two attached hydrogens (primary N) is 1. The number of sulfonamides is 1. The number of aromatic nitrogens is 2.